The fraction of sp³-hybridized carbons (Fsp3) is 0.833. The average Bonchev–Trinajstić information content (AvgIpc) is 2.98. The first-order chi connectivity index (χ1) is 8.19. The maximum atomic E-state index is 5.46. The van der Waals surface area contributed by atoms with Gasteiger partial charge in [-0.2, -0.15) is 4.98 Å². The van der Waals surface area contributed by atoms with Gasteiger partial charge in [0.05, 0.1) is 0 Å². The molecule has 0 amide bonds. The van der Waals surface area contributed by atoms with Crippen LogP contribution >= 0.6 is 12.4 Å². The molecule has 0 atom stereocenters. The van der Waals surface area contributed by atoms with Crippen LogP contribution in [0.5, 0.6) is 0 Å². The Hall–Kier alpha value is -0.650. The van der Waals surface area contributed by atoms with Gasteiger partial charge in [-0.3, -0.25) is 0 Å². The molecule has 6 heteroatoms. The van der Waals surface area contributed by atoms with Crippen LogP contribution in [0.1, 0.15) is 44.3 Å². The maximum Gasteiger partial charge on any atom is 0.258 e. The molecule has 102 valence electrons. The van der Waals surface area contributed by atoms with E-state index in [1.165, 1.54) is 0 Å². The summed E-state index contributed by atoms with van der Waals surface area (Å²) < 4.78 is 10.9. The number of rotatable bonds is 3. The fourth-order valence-corrected chi connectivity index (χ4v) is 2.47. The van der Waals surface area contributed by atoms with Gasteiger partial charge in [0, 0.05) is 12.5 Å². The SMILES string of the molecule is COC1(c2nc(C3(C)CCNCC3)no2)CC1.Cl. The number of hydrogen-bond acceptors (Lipinski definition) is 5. The van der Waals surface area contributed by atoms with Crippen LogP contribution in [0.15, 0.2) is 4.52 Å². The summed E-state index contributed by atoms with van der Waals surface area (Å²) in [5, 5.41) is 7.53. The number of nitrogens with one attached hydrogen (secondary N) is 1. The van der Waals surface area contributed by atoms with Crippen LogP contribution in [0.4, 0.5) is 0 Å². The average molecular weight is 274 g/mol. The lowest BCUT2D eigenvalue weighted by Gasteiger charge is -2.30. The molecule has 1 saturated heterocycles. The molecule has 0 aromatic carbocycles. The molecule has 2 fully saturated rings. The third kappa shape index (κ3) is 2.15. The summed E-state index contributed by atoms with van der Waals surface area (Å²) >= 11 is 0. The van der Waals surface area contributed by atoms with Crippen molar-refractivity contribution in [3.05, 3.63) is 11.7 Å². The maximum absolute atomic E-state index is 5.46. The predicted octanol–water partition coefficient (Wildman–Crippen LogP) is 1.77. The van der Waals surface area contributed by atoms with Crippen molar-refractivity contribution in [3.63, 3.8) is 0 Å². The number of methoxy groups -OCH3 is 1. The zero-order valence-corrected chi connectivity index (χ0v) is 11.7. The molecule has 3 rings (SSSR count). The minimum Gasteiger partial charge on any atom is -0.368 e. The van der Waals surface area contributed by atoms with Crippen molar-refractivity contribution in [3.8, 4) is 0 Å². The second-order valence-electron chi connectivity index (χ2n) is 5.43. The molecule has 0 unspecified atom stereocenters. The van der Waals surface area contributed by atoms with Gasteiger partial charge in [0.15, 0.2) is 5.82 Å². The largest absolute Gasteiger partial charge is 0.368 e. The summed E-state index contributed by atoms with van der Waals surface area (Å²) in [5.41, 5.74) is -0.217. The highest BCUT2D eigenvalue weighted by atomic mass is 35.5. The number of piperidine rings is 1. The molecule has 2 heterocycles. The van der Waals surface area contributed by atoms with Gasteiger partial charge in [0.2, 0.25) is 0 Å². The second kappa shape index (κ2) is 4.79. The van der Waals surface area contributed by atoms with Gasteiger partial charge in [0.1, 0.15) is 5.60 Å². The van der Waals surface area contributed by atoms with Crippen LogP contribution in [-0.4, -0.2) is 30.3 Å². The molecule has 0 bridgehead atoms. The quantitative estimate of drug-likeness (QED) is 0.909. The van der Waals surface area contributed by atoms with Crippen LogP contribution in [-0.2, 0) is 15.8 Å². The summed E-state index contributed by atoms with van der Waals surface area (Å²) in [5.74, 6) is 1.51. The van der Waals surface area contributed by atoms with Crippen molar-refractivity contribution in [2.75, 3.05) is 20.2 Å². The van der Waals surface area contributed by atoms with Crippen molar-refractivity contribution in [1.29, 1.82) is 0 Å². The lowest BCUT2D eigenvalue weighted by molar-refractivity contribution is 0.0492. The lowest BCUT2D eigenvalue weighted by Crippen LogP contribution is -2.38. The van der Waals surface area contributed by atoms with Gasteiger partial charge < -0.3 is 14.6 Å². The Labute approximate surface area is 113 Å². The molecule has 1 aromatic rings. The Morgan fingerprint density at radius 3 is 2.44 bits per heavy atom. The highest BCUT2D eigenvalue weighted by molar-refractivity contribution is 5.85. The number of ether oxygens (including phenoxy) is 1. The highest BCUT2D eigenvalue weighted by Gasteiger charge is 2.51. The van der Waals surface area contributed by atoms with E-state index in [2.05, 4.69) is 22.4 Å². The van der Waals surface area contributed by atoms with Crippen molar-refractivity contribution < 1.29 is 9.26 Å². The molecular weight excluding hydrogens is 254 g/mol. The topological polar surface area (TPSA) is 60.2 Å². The summed E-state index contributed by atoms with van der Waals surface area (Å²) in [6, 6.07) is 0. The van der Waals surface area contributed by atoms with E-state index in [1.807, 2.05) is 0 Å². The number of halogens is 1. The number of nitrogens with zero attached hydrogens (tertiary/aromatic N) is 2. The van der Waals surface area contributed by atoms with E-state index in [1.54, 1.807) is 7.11 Å². The lowest BCUT2D eigenvalue weighted by atomic mass is 9.80. The van der Waals surface area contributed by atoms with Crippen LogP contribution in [0.3, 0.4) is 0 Å². The van der Waals surface area contributed by atoms with Gasteiger partial charge in [-0.05, 0) is 38.8 Å². The molecule has 18 heavy (non-hydrogen) atoms. The first kappa shape index (κ1) is 13.8. The normalized spacial score (nSPS) is 24.3. The van der Waals surface area contributed by atoms with Gasteiger partial charge in [-0.25, -0.2) is 0 Å². The van der Waals surface area contributed by atoms with Crippen molar-refractivity contribution in [2.45, 2.75) is 43.6 Å². The Morgan fingerprint density at radius 2 is 1.89 bits per heavy atom. The van der Waals surface area contributed by atoms with E-state index in [-0.39, 0.29) is 23.4 Å². The van der Waals surface area contributed by atoms with Crippen molar-refractivity contribution in [1.82, 2.24) is 15.5 Å². The predicted molar refractivity (Wildman–Crippen MR) is 68.9 cm³/mol. The fourth-order valence-electron chi connectivity index (χ4n) is 2.47. The van der Waals surface area contributed by atoms with Crippen molar-refractivity contribution >= 4 is 12.4 Å². The second-order valence-corrected chi connectivity index (χ2v) is 5.43. The molecule has 5 nitrogen and oxygen atoms in total. The van der Waals surface area contributed by atoms with E-state index in [0.29, 0.717) is 5.89 Å². The van der Waals surface area contributed by atoms with Gasteiger partial charge in [0.25, 0.3) is 5.89 Å². The van der Waals surface area contributed by atoms with E-state index >= 15 is 0 Å². The molecule has 1 aliphatic heterocycles. The molecular formula is C12H20ClN3O2. The van der Waals surface area contributed by atoms with Crippen LogP contribution < -0.4 is 5.32 Å². The first-order valence-corrected chi connectivity index (χ1v) is 6.29. The van der Waals surface area contributed by atoms with E-state index in [9.17, 15) is 0 Å². The molecule has 0 spiro atoms. The Bertz CT molecular complexity index is 411. The summed E-state index contributed by atoms with van der Waals surface area (Å²) in [6.45, 7) is 4.26. The molecule has 2 aliphatic rings. The zero-order valence-electron chi connectivity index (χ0n) is 10.9. The van der Waals surface area contributed by atoms with Crippen molar-refractivity contribution in [2.24, 2.45) is 0 Å². The van der Waals surface area contributed by atoms with Gasteiger partial charge in [-0.1, -0.05) is 12.1 Å². The van der Waals surface area contributed by atoms with Gasteiger partial charge >= 0.3 is 0 Å². The van der Waals surface area contributed by atoms with Crippen LogP contribution in [0.2, 0.25) is 0 Å². The Morgan fingerprint density at radius 1 is 1.22 bits per heavy atom. The minimum atomic E-state index is -0.269. The summed E-state index contributed by atoms with van der Waals surface area (Å²) in [4.78, 5) is 4.58. The third-order valence-corrected chi connectivity index (χ3v) is 4.16. The zero-order chi connectivity index (χ0) is 11.9. The molecule has 1 N–H and O–H groups in total. The smallest absolute Gasteiger partial charge is 0.258 e. The highest BCUT2D eigenvalue weighted by Crippen LogP contribution is 2.48. The number of aromatic nitrogens is 2. The standard InChI is InChI=1S/C12H19N3O2.ClH/c1-11(5-7-13-8-6-11)9-14-10(17-15-9)12(16-2)3-4-12;/h13H,3-8H2,1-2H3;1H. The van der Waals surface area contributed by atoms with E-state index in [0.717, 1.165) is 44.6 Å². The summed E-state index contributed by atoms with van der Waals surface area (Å²) in [6.07, 6.45) is 4.10. The van der Waals surface area contributed by atoms with Gasteiger partial charge in [-0.15, -0.1) is 12.4 Å². The summed E-state index contributed by atoms with van der Waals surface area (Å²) in [7, 11) is 1.71. The molecule has 1 aromatic heterocycles. The van der Waals surface area contributed by atoms with E-state index < -0.39 is 0 Å². The number of hydrogen-bond donors (Lipinski definition) is 1. The molecule has 0 radical (unpaired) electrons. The Kier molecular flexibility index (Phi) is 3.67. The minimum absolute atomic E-state index is 0. The monoisotopic (exact) mass is 273 g/mol. The molecule has 1 aliphatic carbocycles. The molecule has 1 saturated carbocycles. The van der Waals surface area contributed by atoms with Crippen LogP contribution in [0.25, 0.3) is 0 Å². The van der Waals surface area contributed by atoms with E-state index in [4.69, 9.17) is 9.26 Å². The Balaban J connectivity index is 0.00000120. The first-order valence-electron chi connectivity index (χ1n) is 6.29. The van der Waals surface area contributed by atoms with Crippen LogP contribution in [0, 0.1) is 0 Å². The third-order valence-electron chi connectivity index (χ3n) is 4.16.